The minimum atomic E-state index is -4.08. The first kappa shape index (κ1) is 17.0. The molecule has 2 saturated heterocycles. The number of hydrogen-bond donors (Lipinski definition) is 1. The van der Waals surface area contributed by atoms with Gasteiger partial charge in [0.15, 0.2) is 0 Å². The van der Waals surface area contributed by atoms with Crippen molar-refractivity contribution in [3.05, 3.63) is 0 Å². The van der Waals surface area contributed by atoms with Crippen molar-refractivity contribution in [2.75, 3.05) is 59.0 Å². The predicted molar refractivity (Wildman–Crippen MR) is 75.4 cm³/mol. The minimum Gasteiger partial charge on any atom is -0.378 e. The lowest BCUT2D eigenvalue weighted by molar-refractivity contribution is -0.149. The van der Waals surface area contributed by atoms with E-state index in [9.17, 15) is 13.2 Å². The van der Waals surface area contributed by atoms with Gasteiger partial charge in [-0.2, -0.15) is 13.2 Å². The third-order valence-electron chi connectivity index (χ3n) is 4.13. The zero-order valence-electron chi connectivity index (χ0n) is 12.5. The van der Waals surface area contributed by atoms with Gasteiger partial charge in [-0.15, -0.1) is 0 Å². The number of piperidine rings is 1. The summed E-state index contributed by atoms with van der Waals surface area (Å²) in [4.78, 5) is 3.72. The third-order valence-corrected chi connectivity index (χ3v) is 4.13. The Hall–Kier alpha value is -0.370. The molecular weight excluding hydrogens is 283 g/mol. The summed E-state index contributed by atoms with van der Waals surface area (Å²) in [7, 11) is 0. The Morgan fingerprint density at radius 3 is 2.24 bits per heavy atom. The summed E-state index contributed by atoms with van der Waals surface area (Å²) in [6, 6.07) is 0. The maximum absolute atomic E-state index is 12.3. The van der Waals surface area contributed by atoms with Crippen molar-refractivity contribution >= 4 is 0 Å². The van der Waals surface area contributed by atoms with Crippen molar-refractivity contribution in [3.63, 3.8) is 0 Å². The minimum absolute atomic E-state index is 0.384. The van der Waals surface area contributed by atoms with Crippen LogP contribution in [0.15, 0.2) is 0 Å². The molecule has 2 aliphatic rings. The Morgan fingerprint density at radius 2 is 1.62 bits per heavy atom. The summed E-state index contributed by atoms with van der Waals surface area (Å²) < 4.78 is 42.7. The maximum atomic E-state index is 12.3. The number of hydrogen-bond acceptors (Lipinski definition) is 4. The summed E-state index contributed by atoms with van der Waals surface area (Å²) in [6.07, 6.45) is -0.574. The highest BCUT2D eigenvalue weighted by Crippen LogP contribution is 2.17. The molecule has 2 rings (SSSR count). The summed E-state index contributed by atoms with van der Waals surface area (Å²) in [5.41, 5.74) is 0. The van der Waals surface area contributed by atoms with E-state index < -0.39 is 12.7 Å². The summed E-state index contributed by atoms with van der Waals surface area (Å²) in [5.74, 6) is 0. The average Bonchev–Trinajstić information content (AvgIpc) is 2.45. The Balaban J connectivity index is 1.50. The van der Waals surface area contributed by atoms with Gasteiger partial charge < -0.3 is 15.0 Å². The number of ether oxygens (including phenoxy) is 1. The van der Waals surface area contributed by atoms with E-state index in [1.807, 2.05) is 0 Å². The highest BCUT2D eigenvalue weighted by atomic mass is 19.4. The van der Waals surface area contributed by atoms with Crippen LogP contribution in [0.25, 0.3) is 0 Å². The average molecular weight is 309 g/mol. The fraction of sp³-hybridized carbons (Fsp3) is 1.00. The fourth-order valence-electron chi connectivity index (χ4n) is 2.92. The highest BCUT2D eigenvalue weighted by Gasteiger charge is 2.31. The largest absolute Gasteiger partial charge is 0.401 e. The van der Waals surface area contributed by atoms with E-state index in [2.05, 4.69) is 10.2 Å². The molecular formula is C14H26F3N3O. The van der Waals surface area contributed by atoms with Gasteiger partial charge in [-0.05, 0) is 32.4 Å². The lowest BCUT2D eigenvalue weighted by atomic mass is 10.1. The number of alkyl halides is 3. The van der Waals surface area contributed by atoms with Crippen LogP contribution in [0.5, 0.6) is 0 Å². The number of halogens is 3. The second-order valence-corrected chi connectivity index (χ2v) is 5.91. The number of piperazine rings is 1. The van der Waals surface area contributed by atoms with Crippen molar-refractivity contribution < 1.29 is 17.9 Å². The number of rotatable bonds is 6. The molecule has 4 nitrogen and oxygen atoms in total. The molecule has 0 aromatic carbocycles. The van der Waals surface area contributed by atoms with Crippen LogP contribution in [0, 0.1) is 0 Å². The molecule has 2 aliphatic heterocycles. The Labute approximate surface area is 124 Å². The first-order valence-corrected chi connectivity index (χ1v) is 7.87. The zero-order valence-corrected chi connectivity index (χ0v) is 12.5. The van der Waals surface area contributed by atoms with Crippen molar-refractivity contribution in [2.45, 2.75) is 31.5 Å². The molecule has 2 heterocycles. The van der Waals surface area contributed by atoms with Crippen LogP contribution in [0.2, 0.25) is 0 Å². The van der Waals surface area contributed by atoms with Crippen LogP contribution in [0.3, 0.4) is 0 Å². The molecule has 1 N–H and O–H groups in total. The van der Waals surface area contributed by atoms with Crippen molar-refractivity contribution in [3.8, 4) is 0 Å². The van der Waals surface area contributed by atoms with Crippen LogP contribution in [0.1, 0.15) is 19.3 Å². The molecule has 0 aromatic rings. The van der Waals surface area contributed by atoms with Gasteiger partial charge in [0, 0.05) is 39.3 Å². The van der Waals surface area contributed by atoms with Crippen molar-refractivity contribution in [1.82, 2.24) is 15.1 Å². The van der Waals surface area contributed by atoms with Crippen molar-refractivity contribution in [1.29, 1.82) is 0 Å². The molecule has 0 spiro atoms. The van der Waals surface area contributed by atoms with Crippen LogP contribution < -0.4 is 5.32 Å². The van der Waals surface area contributed by atoms with E-state index >= 15 is 0 Å². The zero-order chi connectivity index (χ0) is 15.1. The Kier molecular flexibility index (Phi) is 6.73. The van der Waals surface area contributed by atoms with Gasteiger partial charge in [0.25, 0.3) is 0 Å². The topological polar surface area (TPSA) is 27.7 Å². The maximum Gasteiger partial charge on any atom is 0.401 e. The van der Waals surface area contributed by atoms with E-state index in [1.54, 1.807) is 0 Å². The third kappa shape index (κ3) is 6.95. The van der Waals surface area contributed by atoms with E-state index in [0.717, 1.165) is 58.6 Å². The number of nitrogens with one attached hydrogen (secondary N) is 1. The van der Waals surface area contributed by atoms with Crippen molar-refractivity contribution in [2.24, 2.45) is 0 Å². The van der Waals surface area contributed by atoms with Crippen LogP contribution in [-0.4, -0.2) is 81.0 Å². The quantitative estimate of drug-likeness (QED) is 0.749. The van der Waals surface area contributed by atoms with Crippen LogP contribution in [0.4, 0.5) is 13.2 Å². The summed E-state index contributed by atoms with van der Waals surface area (Å²) >= 11 is 0. The molecule has 0 atom stereocenters. The lowest BCUT2D eigenvalue weighted by Gasteiger charge is -2.35. The van der Waals surface area contributed by atoms with Gasteiger partial charge in [-0.25, -0.2) is 0 Å². The molecule has 0 unspecified atom stereocenters. The summed E-state index contributed by atoms with van der Waals surface area (Å²) in [5, 5.41) is 3.30. The molecule has 21 heavy (non-hydrogen) atoms. The second-order valence-electron chi connectivity index (χ2n) is 5.91. The van der Waals surface area contributed by atoms with Gasteiger partial charge in [-0.1, -0.05) is 0 Å². The van der Waals surface area contributed by atoms with Gasteiger partial charge in [0.2, 0.25) is 0 Å². The van der Waals surface area contributed by atoms with Gasteiger partial charge in [-0.3, -0.25) is 4.90 Å². The molecule has 0 aromatic heterocycles. The van der Waals surface area contributed by atoms with Gasteiger partial charge in [0.05, 0.1) is 12.6 Å². The SMILES string of the molecule is FC(F)(F)CN1CCN(CCCOC2CCNCC2)CC1. The standard InChI is InChI=1S/C14H26F3N3O/c15-14(16,17)12-20-9-7-19(8-10-20)6-1-11-21-13-2-4-18-5-3-13/h13,18H,1-12H2. The summed E-state index contributed by atoms with van der Waals surface area (Å²) in [6.45, 7) is 5.44. The normalized spacial score (nSPS) is 23.6. The molecule has 0 aliphatic carbocycles. The van der Waals surface area contributed by atoms with E-state index in [1.165, 1.54) is 4.90 Å². The monoisotopic (exact) mass is 309 g/mol. The second kappa shape index (κ2) is 8.31. The van der Waals surface area contributed by atoms with E-state index in [4.69, 9.17) is 4.74 Å². The van der Waals surface area contributed by atoms with Crippen LogP contribution in [-0.2, 0) is 4.74 Å². The Morgan fingerprint density at radius 1 is 1.00 bits per heavy atom. The first-order chi connectivity index (χ1) is 10.0. The van der Waals surface area contributed by atoms with Crippen LogP contribution >= 0.6 is 0 Å². The molecule has 7 heteroatoms. The Bertz CT molecular complexity index is 288. The molecule has 124 valence electrons. The number of nitrogens with zero attached hydrogens (tertiary/aromatic N) is 2. The van der Waals surface area contributed by atoms with E-state index in [0.29, 0.717) is 19.2 Å². The van der Waals surface area contributed by atoms with Gasteiger partial charge >= 0.3 is 6.18 Å². The van der Waals surface area contributed by atoms with E-state index in [-0.39, 0.29) is 0 Å². The molecule has 0 radical (unpaired) electrons. The molecule has 0 bridgehead atoms. The highest BCUT2D eigenvalue weighted by molar-refractivity contribution is 4.74. The lowest BCUT2D eigenvalue weighted by Crippen LogP contribution is -2.49. The molecule has 0 saturated carbocycles. The molecule has 0 amide bonds. The fourth-order valence-corrected chi connectivity index (χ4v) is 2.92. The van der Waals surface area contributed by atoms with Gasteiger partial charge in [0.1, 0.15) is 0 Å². The predicted octanol–water partition coefficient (Wildman–Crippen LogP) is 1.32. The molecule has 2 fully saturated rings. The smallest absolute Gasteiger partial charge is 0.378 e. The first-order valence-electron chi connectivity index (χ1n) is 7.87.